The normalized spacial score (nSPS) is 30.9. The van der Waals surface area contributed by atoms with Crippen molar-refractivity contribution in [2.24, 2.45) is 11.8 Å². The molecule has 102 valence electrons. The van der Waals surface area contributed by atoms with Gasteiger partial charge < -0.3 is 10.4 Å². The van der Waals surface area contributed by atoms with Crippen molar-refractivity contribution >= 4 is 0 Å². The van der Waals surface area contributed by atoms with Gasteiger partial charge in [0, 0.05) is 12.1 Å². The van der Waals surface area contributed by atoms with Crippen LogP contribution in [0, 0.1) is 11.8 Å². The Morgan fingerprint density at radius 3 is 2.53 bits per heavy atom. The van der Waals surface area contributed by atoms with E-state index in [9.17, 15) is 5.11 Å². The Morgan fingerprint density at radius 2 is 2.00 bits per heavy atom. The predicted molar refractivity (Wildman–Crippen MR) is 74.1 cm³/mol. The summed E-state index contributed by atoms with van der Waals surface area (Å²) in [6.07, 6.45) is 5.69. The summed E-state index contributed by atoms with van der Waals surface area (Å²) in [6.45, 7) is 11.8. The lowest BCUT2D eigenvalue weighted by Crippen LogP contribution is -2.49. The Hall–Kier alpha value is -0.0800. The number of rotatable bonds is 4. The Labute approximate surface area is 107 Å². The second-order valence-electron chi connectivity index (χ2n) is 7.42. The molecular formula is C15H31NO. The molecule has 17 heavy (non-hydrogen) atoms. The van der Waals surface area contributed by atoms with E-state index in [-0.39, 0.29) is 5.54 Å². The van der Waals surface area contributed by atoms with Gasteiger partial charge in [0.2, 0.25) is 0 Å². The van der Waals surface area contributed by atoms with Gasteiger partial charge in [-0.15, -0.1) is 0 Å². The summed E-state index contributed by atoms with van der Waals surface area (Å²) in [6, 6.07) is 0. The Kier molecular flexibility index (Phi) is 5.03. The van der Waals surface area contributed by atoms with Crippen LogP contribution in [0.2, 0.25) is 0 Å². The van der Waals surface area contributed by atoms with Crippen molar-refractivity contribution in [3.63, 3.8) is 0 Å². The molecule has 2 atom stereocenters. The molecule has 2 N–H and O–H groups in total. The number of β-amino-alcohol motifs (C(OH)–C–C–N with tert-alkyl or cyclic N) is 1. The van der Waals surface area contributed by atoms with E-state index < -0.39 is 5.60 Å². The quantitative estimate of drug-likeness (QED) is 0.791. The fourth-order valence-corrected chi connectivity index (χ4v) is 2.92. The Morgan fingerprint density at radius 1 is 1.35 bits per heavy atom. The van der Waals surface area contributed by atoms with E-state index in [1.165, 1.54) is 19.3 Å². The van der Waals surface area contributed by atoms with Crippen LogP contribution in [0.5, 0.6) is 0 Å². The summed E-state index contributed by atoms with van der Waals surface area (Å²) in [7, 11) is 0. The molecule has 0 aromatic carbocycles. The van der Waals surface area contributed by atoms with Crippen LogP contribution in [-0.2, 0) is 0 Å². The second kappa shape index (κ2) is 5.71. The molecule has 0 amide bonds. The van der Waals surface area contributed by atoms with Gasteiger partial charge in [0.25, 0.3) is 0 Å². The Balaban J connectivity index is 2.45. The molecule has 2 heteroatoms. The number of hydrogen-bond donors (Lipinski definition) is 2. The lowest BCUT2D eigenvalue weighted by atomic mass is 9.75. The Bertz CT molecular complexity index is 232. The molecule has 2 nitrogen and oxygen atoms in total. The van der Waals surface area contributed by atoms with Gasteiger partial charge in [-0.05, 0) is 51.9 Å². The lowest BCUT2D eigenvalue weighted by Gasteiger charge is -2.39. The maximum Gasteiger partial charge on any atom is 0.0774 e. The molecule has 1 saturated carbocycles. The number of aliphatic hydroxyl groups is 1. The highest BCUT2D eigenvalue weighted by Crippen LogP contribution is 2.35. The second-order valence-corrected chi connectivity index (χ2v) is 7.42. The summed E-state index contributed by atoms with van der Waals surface area (Å²) < 4.78 is 0. The molecule has 0 spiro atoms. The third-order valence-electron chi connectivity index (χ3n) is 3.68. The minimum absolute atomic E-state index is 0.0979. The van der Waals surface area contributed by atoms with E-state index in [1.54, 1.807) is 0 Å². The average Bonchev–Trinajstić information content (AvgIpc) is 2.13. The first-order valence-corrected chi connectivity index (χ1v) is 7.18. The van der Waals surface area contributed by atoms with Gasteiger partial charge in [-0.1, -0.05) is 26.7 Å². The van der Waals surface area contributed by atoms with Crippen molar-refractivity contribution in [2.75, 3.05) is 6.54 Å². The zero-order valence-electron chi connectivity index (χ0n) is 12.3. The van der Waals surface area contributed by atoms with Crippen molar-refractivity contribution in [3.8, 4) is 0 Å². The molecule has 0 radical (unpaired) electrons. The predicted octanol–water partition coefficient (Wildman–Crippen LogP) is 3.34. The zero-order chi connectivity index (χ0) is 13.1. The maximum atomic E-state index is 10.7. The minimum atomic E-state index is -0.467. The van der Waals surface area contributed by atoms with Crippen LogP contribution in [0.1, 0.15) is 66.7 Å². The third-order valence-corrected chi connectivity index (χ3v) is 3.68. The van der Waals surface area contributed by atoms with Gasteiger partial charge in [-0.2, -0.15) is 0 Å². The van der Waals surface area contributed by atoms with Gasteiger partial charge in [0.1, 0.15) is 0 Å². The summed E-state index contributed by atoms with van der Waals surface area (Å²) in [5.74, 6) is 1.47. The molecule has 1 fully saturated rings. The smallest absolute Gasteiger partial charge is 0.0774 e. The molecule has 1 rings (SSSR count). The molecule has 2 unspecified atom stereocenters. The fraction of sp³-hybridized carbons (Fsp3) is 1.00. The van der Waals surface area contributed by atoms with Crippen molar-refractivity contribution in [2.45, 2.75) is 77.9 Å². The van der Waals surface area contributed by atoms with Crippen molar-refractivity contribution in [1.29, 1.82) is 0 Å². The van der Waals surface area contributed by atoms with E-state index in [0.717, 1.165) is 31.2 Å². The molecule has 1 aliphatic carbocycles. The SMILES string of the molecule is CC(C)CC1CCCC(O)(CNC(C)(C)C)C1. The van der Waals surface area contributed by atoms with E-state index in [2.05, 4.69) is 39.9 Å². The van der Waals surface area contributed by atoms with Crippen LogP contribution < -0.4 is 5.32 Å². The number of nitrogens with one attached hydrogen (secondary N) is 1. The summed E-state index contributed by atoms with van der Waals surface area (Å²) in [5.41, 5.74) is -0.369. The van der Waals surface area contributed by atoms with Gasteiger partial charge in [-0.25, -0.2) is 0 Å². The largest absolute Gasteiger partial charge is 0.389 e. The molecule has 1 aliphatic rings. The highest BCUT2D eigenvalue weighted by Gasteiger charge is 2.34. The van der Waals surface area contributed by atoms with Crippen LogP contribution in [0.3, 0.4) is 0 Å². The molecule has 0 saturated heterocycles. The third kappa shape index (κ3) is 5.87. The molecule has 0 aliphatic heterocycles. The van der Waals surface area contributed by atoms with E-state index in [4.69, 9.17) is 0 Å². The molecule has 0 aromatic heterocycles. The molecule has 0 heterocycles. The van der Waals surface area contributed by atoms with Crippen molar-refractivity contribution < 1.29 is 5.11 Å². The van der Waals surface area contributed by atoms with E-state index in [1.807, 2.05) is 0 Å². The maximum absolute atomic E-state index is 10.7. The van der Waals surface area contributed by atoms with Gasteiger partial charge in [0.05, 0.1) is 5.60 Å². The summed E-state index contributed by atoms with van der Waals surface area (Å²) in [4.78, 5) is 0. The van der Waals surface area contributed by atoms with Crippen LogP contribution in [0.25, 0.3) is 0 Å². The highest BCUT2D eigenvalue weighted by molar-refractivity contribution is 4.90. The first-order valence-electron chi connectivity index (χ1n) is 7.18. The van der Waals surface area contributed by atoms with E-state index >= 15 is 0 Å². The van der Waals surface area contributed by atoms with Crippen molar-refractivity contribution in [1.82, 2.24) is 5.32 Å². The minimum Gasteiger partial charge on any atom is -0.389 e. The van der Waals surface area contributed by atoms with Gasteiger partial charge in [0.15, 0.2) is 0 Å². The fourth-order valence-electron chi connectivity index (χ4n) is 2.92. The van der Waals surface area contributed by atoms with E-state index in [0.29, 0.717) is 0 Å². The van der Waals surface area contributed by atoms with Crippen LogP contribution in [-0.4, -0.2) is 22.8 Å². The topological polar surface area (TPSA) is 32.3 Å². The lowest BCUT2D eigenvalue weighted by molar-refractivity contribution is -0.0222. The zero-order valence-corrected chi connectivity index (χ0v) is 12.3. The molecule has 0 aromatic rings. The van der Waals surface area contributed by atoms with Crippen LogP contribution in [0.15, 0.2) is 0 Å². The molecule has 0 bridgehead atoms. The highest BCUT2D eigenvalue weighted by atomic mass is 16.3. The molecular weight excluding hydrogens is 210 g/mol. The van der Waals surface area contributed by atoms with Gasteiger partial charge >= 0.3 is 0 Å². The summed E-state index contributed by atoms with van der Waals surface area (Å²) >= 11 is 0. The average molecular weight is 241 g/mol. The number of hydrogen-bond acceptors (Lipinski definition) is 2. The first-order chi connectivity index (χ1) is 7.70. The van der Waals surface area contributed by atoms with Crippen molar-refractivity contribution in [3.05, 3.63) is 0 Å². The van der Waals surface area contributed by atoms with Crippen LogP contribution in [0.4, 0.5) is 0 Å². The van der Waals surface area contributed by atoms with Gasteiger partial charge in [-0.3, -0.25) is 0 Å². The standard InChI is InChI=1S/C15H31NO/c1-12(2)9-13-7-6-8-15(17,10-13)11-16-14(3,4)5/h12-13,16-17H,6-11H2,1-5H3. The first kappa shape index (κ1) is 15.0. The summed E-state index contributed by atoms with van der Waals surface area (Å²) in [5, 5.41) is 14.1. The monoisotopic (exact) mass is 241 g/mol. The van der Waals surface area contributed by atoms with Crippen LogP contribution >= 0.6 is 0 Å².